The van der Waals surface area contributed by atoms with Crippen LogP contribution in [-0.4, -0.2) is 42.4 Å². The number of anilines is 1. The van der Waals surface area contributed by atoms with Crippen molar-refractivity contribution in [3.63, 3.8) is 0 Å². The number of aliphatic imine (C=N–C) groups is 2. The minimum Gasteiger partial charge on any atom is -0.351 e. The Kier molecular flexibility index (Phi) is 6.43. The molecule has 1 fully saturated rings. The van der Waals surface area contributed by atoms with E-state index in [4.69, 9.17) is 0 Å². The number of hydrogen-bond acceptors (Lipinski definition) is 5. The zero-order chi connectivity index (χ0) is 16.7. The fourth-order valence-corrected chi connectivity index (χ4v) is 3.47. The topological polar surface area (TPSA) is 64.6 Å². The van der Waals surface area contributed by atoms with E-state index in [0.29, 0.717) is 5.56 Å². The van der Waals surface area contributed by atoms with E-state index in [1.165, 1.54) is 6.16 Å². The van der Waals surface area contributed by atoms with Crippen LogP contribution in [-0.2, 0) is 0 Å². The molecule has 0 saturated carbocycles. The van der Waals surface area contributed by atoms with Crippen molar-refractivity contribution in [2.75, 3.05) is 23.9 Å². The molecule has 6 heteroatoms. The average Bonchev–Trinajstić information content (AvgIpc) is 3.05. The summed E-state index contributed by atoms with van der Waals surface area (Å²) in [6, 6.07) is 4.21. The van der Waals surface area contributed by atoms with E-state index in [0.717, 1.165) is 38.5 Å². The molecule has 2 aliphatic rings. The molecule has 2 atom stereocenters. The van der Waals surface area contributed by atoms with Crippen LogP contribution in [0.4, 0.5) is 5.82 Å². The lowest BCUT2D eigenvalue weighted by Crippen LogP contribution is -2.20. The lowest BCUT2D eigenvalue weighted by molar-refractivity contribution is 0.954. The number of allylic oxidation sites excluding steroid dienone is 1. The molecule has 5 nitrogen and oxygen atoms in total. The minimum absolute atomic E-state index is 0.0759. The Bertz CT molecular complexity index is 666. The fourth-order valence-electron chi connectivity index (χ4n) is 2.31. The summed E-state index contributed by atoms with van der Waals surface area (Å²) < 4.78 is 0. The van der Waals surface area contributed by atoms with Gasteiger partial charge in [-0.2, -0.15) is 5.26 Å². The molecule has 23 heavy (non-hydrogen) atoms. The third-order valence-electron chi connectivity index (χ3n) is 3.43. The zero-order valence-corrected chi connectivity index (χ0v) is 14.8. The number of hydrogen-bond donors (Lipinski definition) is 0. The van der Waals surface area contributed by atoms with E-state index in [9.17, 15) is 5.26 Å². The Morgan fingerprint density at radius 2 is 2.22 bits per heavy atom. The summed E-state index contributed by atoms with van der Waals surface area (Å²) in [5.41, 5.74) is 2.26. The molecule has 0 bridgehead atoms. The van der Waals surface area contributed by atoms with Gasteiger partial charge in [-0.1, -0.05) is 22.4 Å². The number of nitriles is 1. The van der Waals surface area contributed by atoms with Gasteiger partial charge in [-0.05, 0) is 25.2 Å². The van der Waals surface area contributed by atoms with Crippen molar-refractivity contribution in [1.29, 1.82) is 5.26 Å². The predicted molar refractivity (Wildman–Crippen MR) is 100 cm³/mol. The van der Waals surface area contributed by atoms with Crippen molar-refractivity contribution in [2.24, 2.45) is 9.98 Å². The molecule has 0 spiro atoms. The van der Waals surface area contributed by atoms with Crippen LogP contribution in [0.5, 0.6) is 0 Å². The smallest absolute Gasteiger partial charge is 0.146 e. The molecular weight excluding hydrogens is 305 g/mol. The van der Waals surface area contributed by atoms with Crippen LogP contribution in [0.15, 0.2) is 28.3 Å². The Labute approximate surface area is 139 Å². The first-order chi connectivity index (χ1) is 11.3. The molecule has 3 rings (SSSR count). The molecule has 1 aromatic heterocycles. The molecular formula is C17H22N5P. The predicted octanol–water partition coefficient (Wildman–Crippen LogP) is 3.32. The second-order valence-electron chi connectivity index (χ2n) is 5.00. The molecule has 1 aromatic rings. The Morgan fingerprint density at radius 1 is 1.39 bits per heavy atom. The van der Waals surface area contributed by atoms with Crippen LogP contribution in [0.2, 0.25) is 0 Å². The normalized spacial score (nSPS) is 20.5. The van der Waals surface area contributed by atoms with Gasteiger partial charge in [0.2, 0.25) is 0 Å². The summed E-state index contributed by atoms with van der Waals surface area (Å²) in [6.07, 6.45) is 9.41. The first kappa shape index (κ1) is 17.3. The molecule has 1 saturated heterocycles. The minimum atomic E-state index is 0.0759. The summed E-state index contributed by atoms with van der Waals surface area (Å²) in [5.74, 6) is 0.798. The van der Waals surface area contributed by atoms with Gasteiger partial charge in [-0.3, -0.25) is 9.98 Å². The standard InChI is InChI=1S/C15H16N5P.C2H6/c1-11-8-18-14(2-3-17-11)13-6-12(7-16)15(19-9-13)20-4-5-21-10-20;1-2/h2-3,6,8-9,11,21H,4-5,10H2,1H3;1-2H3. The van der Waals surface area contributed by atoms with Gasteiger partial charge in [0.25, 0.3) is 0 Å². The lowest BCUT2D eigenvalue weighted by atomic mass is 10.1. The van der Waals surface area contributed by atoms with Crippen molar-refractivity contribution in [1.82, 2.24) is 4.98 Å². The zero-order valence-electron chi connectivity index (χ0n) is 13.8. The molecule has 3 heterocycles. The first-order valence-corrected chi connectivity index (χ1v) is 9.33. The summed E-state index contributed by atoms with van der Waals surface area (Å²) in [5, 5.41) is 9.40. The molecule has 2 unspecified atom stereocenters. The third-order valence-corrected chi connectivity index (χ3v) is 4.61. The van der Waals surface area contributed by atoms with E-state index >= 15 is 0 Å². The Morgan fingerprint density at radius 3 is 2.91 bits per heavy atom. The first-order valence-electron chi connectivity index (χ1n) is 7.92. The van der Waals surface area contributed by atoms with Crippen LogP contribution in [0.3, 0.4) is 0 Å². The van der Waals surface area contributed by atoms with Crippen LogP contribution in [0.1, 0.15) is 31.9 Å². The van der Waals surface area contributed by atoms with E-state index in [2.05, 4.69) is 25.9 Å². The Balaban J connectivity index is 0.000000924. The Hall–Kier alpha value is -2.05. The fraction of sp³-hybridized carbons (Fsp3) is 0.412. The van der Waals surface area contributed by atoms with Gasteiger partial charge in [0, 0.05) is 37.0 Å². The van der Waals surface area contributed by atoms with Gasteiger partial charge < -0.3 is 4.90 Å². The van der Waals surface area contributed by atoms with Crippen LogP contribution >= 0.6 is 8.58 Å². The number of pyridine rings is 1. The SMILES string of the molecule is CC.CC1C=NC(c2cnc(N3CCPC3)c(C#N)c2)=CC=N1. The van der Waals surface area contributed by atoms with E-state index in [-0.39, 0.29) is 6.04 Å². The quantitative estimate of drug-likeness (QED) is 0.783. The summed E-state index contributed by atoms with van der Waals surface area (Å²) in [6.45, 7) is 6.97. The number of rotatable bonds is 2. The maximum atomic E-state index is 9.40. The largest absolute Gasteiger partial charge is 0.351 e. The van der Waals surface area contributed by atoms with Crippen molar-refractivity contribution in [3.05, 3.63) is 29.5 Å². The van der Waals surface area contributed by atoms with Gasteiger partial charge >= 0.3 is 0 Å². The molecule has 0 N–H and O–H groups in total. The highest BCUT2D eigenvalue weighted by Crippen LogP contribution is 2.29. The highest BCUT2D eigenvalue weighted by atomic mass is 31.1. The van der Waals surface area contributed by atoms with Crippen molar-refractivity contribution in [2.45, 2.75) is 26.8 Å². The molecule has 0 radical (unpaired) electrons. The van der Waals surface area contributed by atoms with Crippen LogP contribution in [0.25, 0.3) is 5.70 Å². The van der Waals surface area contributed by atoms with Gasteiger partial charge in [-0.25, -0.2) is 4.98 Å². The van der Waals surface area contributed by atoms with Gasteiger partial charge in [0.15, 0.2) is 0 Å². The van der Waals surface area contributed by atoms with E-state index in [1.54, 1.807) is 18.6 Å². The monoisotopic (exact) mass is 327 g/mol. The second kappa shape index (κ2) is 8.55. The maximum Gasteiger partial charge on any atom is 0.146 e. The summed E-state index contributed by atoms with van der Waals surface area (Å²) in [7, 11) is 0.934. The van der Waals surface area contributed by atoms with Crippen LogP contribution in [0, 0.1) is 11.3 Å². The van der Waals surface area contributed by atoms with Crippen molar-refractivity contribution in [3.8, 4) is 6.07 Å². The maximum absolute atomic E-state index is 9.40. The molecule has 120 valence electrons. The molecule has 0 amide bonds. The highest BCUT2D eigenvalue weighted by molar-refractivity contribution is 7.38. The molecule has 2 aliphatic heterocycles. The van der Waals surface area contributed by atoms with Crippen LogP contribution < -0.4 is 4.90 Å². The number of nitrogens with zero attached hydrogens (tertiary/aromatic N) is 5. The summed E-state index contributed by atoms with van der Waals surface area (Å²) in [4.78, 5) is 15.4. The molecule has 0 aromatic carbocycles. The average molecular weight is 327 g/mol. The van der Waals surface area contributed by atoms with Gasteiger partial charge in [0.1, 0.15) is 11.9 Å². The highest BCUT2D eigenvalue weighted by Gasteiger charge is 2.18. The lowest BCUT2D eigenvalue weighted by Gasteiger charge is -2.17. The third kappa shape index (κ3) is 4.24. The van der Waals surface area contributed by atoms with E-state index < -0.39 is 0 Å². The summed E-state index contributed by atoms with van der Waals surface area (Å²) >= 11 is 0. The van der Waals surface area contributed by atoms with Gasteiger partial charge in [-0.15, -0.1) is 0 Å². The van der Waals surface area contributed by atoms with E-state index in [1.807, 2.05) is 32.9 Å². The van der Waals surface area contributed by atoms with Gasteiger partial charge in [0.05, 0.1) is 17.3 Å². The van der Waals surface area contributed by atoms with Crippen molar-refractivity contribution < 1.29 is 0 Å². The number of aromatic nitrogens is 1. The molecule has 0 aliphatic carbocycles. The van der Waals surface area contributed by atoms with Crippen molar-refractivity contribution >= 4 is 32.5 Å². The second-order valence-corrected chi connectivity index (χ2v) is 6.31.